The summed E-state index contributed by atoms with van der Waals surface area (Å²) in [7, 11) is 0. The molecule has 5 rings (SSSR count). The van der Waals surface area contributed by atoms with Crippen LogP contribution in [0.4, 0.5) is 0 Å². The number of nitrogens with one attached hydrogen (secondary N) is 1. The number of aromatic nitrogens is 2. The summed E-state index contributed by atoms with van der Waals surface area (Å²) in [6.45, 7) is 7.04. The van der Waals surface area contributed by atoms with Crippen LogP contribution in [-0.4, -0.2) is 22.5 Å². The summed E-state index contributed by atoms with van der Waals surface area (Å²) in [6.07, 6.45) is 4.36. The Kier molecular flexibility index (Phi) is 10.8. The molecule has 44 heavy (non-hydrogen) atoms. The van der Waals surface area contributed by atoms with Gasteiger partial charge in [0, 0.05) is 16.7 Å². The van der Waals surface area contributed by atoms with Gasteiger partial charge >= 0.3 is 5.97 Å². The number of carbonyl (C=O) groups excluding carboxylic acids is 1. The van der Waals surface area contributed by atoms with Crippen molar-refractivity contribution in [3.05, 3.63) is 126 Å². The molecule has 1 N–H and O–H groups in total. The van der Waals surface area contributed by atoms with E-state index in [1.807, 2.05) is 30.3 Å². The summed E-state index contributed by atoms with van der Waals surface area (Å²) in [5.41, 5.74) is 7.65. The van der Waals surface area contributed by atoms with Gasteiger partial charge in [-0.3, -0.25) is 4.79 Å². The summed E-state index contributed by atoms with van der Waals surface area (Å²) in [5, 5.41) is 0. The topological polar surface area (TPSA) is 55.0 Å². The van der Waals surface area contributed by atoms with Crippen molar-refractivity contribution in [3.63, 3.8) is 0 Å². The van der Waals surface area contributed by atoms with Gasteiger partial charge in [0.25, 0.3) is 0 Å². The van der Waals surface area contributed by atoms with Crippen LogP contribution in [0.25, 0.3) is 33.9 Å². The van der Waals surface area contributed by atoms with Crippen molar-refractivity contribution in [3.8, 4) is 33.9 Å². The van der Waals surface area contributed by atoms with E-state index in [1.165, 1.54) is 11.1 Å². The van der Waals surface area contributed by atoms with Gasteiger partial charge in [-0.2, -0.15) is 0 Å². The molecule has 1 heterocycles. The number of ether oxygens (including phenoxy) is 1. The third-order valence-corrected chi connectivity index (χ3v) is 8.59. The fourth-order valence-electron chi connectivity index (χ4n) is 6.02. The highest BCUT2D eigenvalue weighted by atomic mass is 16.5. The van der Waals surface area contributed by atoms with Gasteiger partial charge in [0.15, 0.2) is 0 Å². The van der Waals surface area contributed by atoms with Crippen molar-refractivity contribution in [2.75, 3.05) is 6.61 Å². The monoisotopic (exact) mass is 584 g/mol. The van der Waals surface area contributed by atoms with E-state index in [2.05, 4.69) is 111 Å². The Labute approximate surface area is 262 Å². The van der Waals surface area contributed by atoms with Crippen LogP contribution in [0.1, 0.15) is 75.8 Å². The van der Waals surface area contributed by atoms with Crippen LogP contribution in [0.5, 0.6) is 0 Å². The van der Waals surface area contributed by atoms with Crippen molar-refractivity contribution >= 4 is 5.97 Å². The van der Waals surface area contributed by atoms with Crippen LogP contribution in [-0.2, 0) is 9.53 Å². The van der Waals surface area contributed by atoms with Crippen molar-refractivity contribution in [2.24, 2.45) is 5.92 Å². The molecule has 0 radical (unpaired) electrons. The van der Waals surface area contributed by atoms with Gasteiger partial charge in [0.05, 0.1) is 23.9 Å². The predicted molar refractivity (Wildman–Crippen MR) is 181 cm³/mol. The van der Waals surface area contributed by atoms with Crippen molar-refractivity contribution in [1.29, 1.82) is 0 Å². The summed E-state index contributed by atoms with van der Waals surface area (Å²) >= 11 is 0. The minimum atomic E-state index is -0.173. The number of rotatable bonds is 14. The first-order valence-corrected chi connectivity index (χ1v) is 16.1. The van der Waals surface area contributed by atoms with Crippen LogP contribution in [0.2, 0.25) is 0 Å². The van der Waals surface area contributed by atoms with Crippen molar-refractivity contribution < 1.29 is 9.53 Å². The molecule has 4 aromatic carbocycles. The van der Waals surface area contributed by atoms with Gasteiger partial charge in [-0.1, -0.05) is 136 Å². The fourth-order valence-corrected chi connectivity index (χ4v) is 6.02. The van der Waals surface area contributed by atoms with E-state index in [1.54, 1.807) is 0 Å². The average molecular weight is 585 g/mol. The number of imidazole rings is 1. The van der Waals surface area contributed by atoms with Crippen LogP contribution in [0.3, 0.4) is 0 Å². The van der Waals surface area contributed by atoms with Gasteiger partial charge < -0.3 is 9.72 Å². The van der Waals surface area contributed by atoms with E-state index in [-0.39, 0.29) is 23.7 Å². The van der Waals surface area contributed by atoms with E-state index in [0.29, 0.717) is 6.61 Å². The Bertz CT molecular complexity index is 1540. The van der Waals surface area contributed by atoms with Crippen LogP contribution in [0, 0.1) is 5.92 Å². The lowest BCUT2D eigenvalue weighted by Gasteiger charge is -2.25. The van der Waals surface area contributed by atoms with Gasteiger partial charge in [0.1, 0.15) is 5.82 Å². The maximum atomic E-state index is 13.4. The Hall–Kier alpha value is -4.44. The molecule has 0 aliphatic heterocycles. The quantitative estimate of drug-likeness (QED) is 0.104. The van der Waals surface area contributed by atoms with Crippen LogP contribution < -0.4 is 0 Å². The molecule has 0 saturated carbocycles. The second kappa shape index (κ2) is 15.3. The summed E-state index contributed by atoms with van der Waals surface area (Å²) in [5.74, 6) is 1.08. The molecular weight excluding hydrogens is 540 g/mol. The highest BCUT2D eigenvalue weighted by Gasteiger charge is 2.27. The lowest BCUT2D eigenvalue weighted by molar-refractivity contribution is -0.149. The van der Waals surface area contributed by atoms with E-state index in [4.69, 9.17) is 9.72 Å². The minimum Gasteiger partial charge on any atom is -0.465 e. The third kappa shape index (κ3) is 7.74. The number of unbranched alkanes of at least 4 members (excludes halogenated alkanes) is 1. The lowest BCUT2D eigenvalue weighted by atomic mass is 9.81. The number of aromatic amines is 1. The largest absolute Gasteiger partial charge is 0.465 e. The molecule has 4 heteroatoms. The van der Waals surface area contributed by atoms with Gasteiger partial charge in [0.2, 0.25) is 0 Å². The standard InChI is InChI=1S/C40H44N2O2/c1-4-6-25-44-40(43)36(26-29(3)31-17-10-7-11-18-31)27-30(5-2)34-23-16-24-35(28-34)39-41-37(32-19-12-8-13-20-32)38(42-39)33-21-14-9-15-22-33/h7-24,28-30,36H,4-6,25-27H2,1-3H3,(H,41,42). The molecule has 3 atom stereocenters. The molecule has 4 nitrogen and oxygen atoms in total. The first kappa shape index (κ1) is 31.0. The molecular formula is C40H44N2O2. The van der Waals surface area contributed by atoms with Crippen LogP contribution in [0.15, 0.2) is 115 Å². The SMILES string of the molecule is CCCCOC(=O)C(CC(C)c1ccccc1)CC(CC)c1cccc(-c2nc(-c3ccccc3)c(-c3ccccc3)[nH]2)c1. The molecule has 0 amide bonds. The number of benzene rings is 4. The number of nitrogens with zero attached hydrogens (tertiary/aromatic N) is 1. The smallest absolute Gasteiger partial charge is 0.308 e. The second-order valence-electron chi connectivity index (χ2n) is 11.8. The van der Waals surface area contributed by atoms with Crippen molar-refractivity contribution in [2.45, 2.75) is 64.7 Å². The molecule has 226 valence electrons. The maximum absolute atomic E-state index is 13.4. The Morgan fingerprint density at radius 3 is 2.02 bits per heavy atom. The van der Waals surface area contributed by atoms with Gasteiger partial charge in [-0.25, -0.2) is 4.98 Å². The fraction of sp³-hybridized carbons (Fsp3) is 0.300. The number of H-pyrrole nitrogens is 1. The van der Waals surface area contributed by atoms with E-state index < -0.39 is 0 Å². The highest BCUT2D eigenvalue weighted by molar-refractivity contribution is 5.81. The number of hydrogen-bond donors (Lipinski definition) is 1. The Balaban J connectivity index is 1.43. The highest BCUT2D eigenvalue weighted by Crippen LogP contribution is 2.37. The molecule has 0 bridgehead atoms. The average Bonchev–Trinajstić information content (AvgIpc) is 3.54. The number of carbonyl (C=O) groups is 1. The molecule has 1 aromatic heterocycles. The van der Waals surface area contributed by atoms with E-state index in [0.717, 1.165) is 66.0 Å². The van der Waals surface area contributed by atoms with Gasteiger partial charge in [-0.15, -0.1) is 0 Å². The lowest BCUT2D eigenvalue weighted by Crippen LogP contribution is -2.22. The molecule has 0 saturated heterocycles. The summed E-state index contributed by atoms with van der Waals surface area (Å²) in [4.78, 5) is 22.2. The van der Waals surface area contributed by atoms with Crippen molar-refractivity contribution in [1.82, 2.24) is 9.97 Å². The van der Waals surface area contributed by atoms with E-state index >= 15 is 0 Å². The normalized spacial score (nSPS) is 13.2. The zero-order valence-corrected chi connectivity index (χ0v) is 26.2. The summed E-state index contributed by atoms with van der Waals surface area (Å²) < 4.78 is 5.80. The number of hydrogen-bond acceptors (Lipinski definition) is 3. The third-order valence-electron chi connectivity index (χ3n) is 8.59. The Morgan fingerprint density at radius 2 is 1.36 bits per heavy atom. The molecule has 3 unspecified atom stereocenters. The maximum Gasteiger partial charge on any atom is 0.308 e. The zero-order chi connectivity index (χ0) is 30.7. The van der Waals surface area contributed by atoms with Crippen LogP contribution >= 0.6 is 0 Å². The first-order chi connectivity index (χ1) is 21.6. The van der Waals surface area contributed by atoms with Gasteiger partial charge in [-0.05, 0) is 54.7 Å². The zero-order valence-electron chi connectivity index (χ0n) is 26.2. The first-order valence-electron chi connectivity index (χ1n) is 16.1. The Morgan fingerprint density at radius 1 is 0.750 bits per heavy atom. The molecule has 5 aromatic rings. The second-order valence-corrected chi connectivity index (χ2v) is 11.8. The minimum absolute atomic E-state index is 0.0677. The van der Waals surface area contributed by atoms with E-state index in [9.17, 15) is 4.79 Å². The summed E-state index contributed by atoms with van der Waals surface area (Å²) in [6, 6.07) is 39.9. The molecule has 0 aliphatic rings. The molecule has 0 fully saturated rings. The molecule has 0 spiro atoms. The predicted octanol–water partition coefficient (Wildman–Crippen LogP) is 10.4. The number of esters is 1. The molecule has 0 aliphatic carbocycles.